The Morgan fingerprint density at radius 3 is 2.14 bits per heavy atom. The molecule has 0 amide bonds. The van der Waals surface area contributed by atoms with Gasteiger partial charge in [0.25, 0.3) is 0 Å². The van der Waals surface area contributed by atoms with Gasteiger partial charge in [-0.15, -0.1) is 0 Å². The molecule has 0 aliphatic carbocycles. The smallest absolute Gasteiger partial charge is 0.150 e. The van der Waals surface area contributed by atoms with Crippen LogP contribution in [-0.4, -0.2) is 19.7 Å². The van der Waals surface area contributed by atoms with Gasteiger partial charge in [-0.1, -0.05) is 0 Å². The molecule has 22 heavy (non-hydrogen) atoms. The third kappa shape index (κ3) is 3.34. The lowest BCUT2D eigenvalue weighted by Crippen LogP contribution is -2.02. The Bertz CT molecular complexity index is 681. The largest absolute Gasteiger partial charge is 0.496 e. The van der Waals surface area contributed by atoms with Crippen LogP contribution in [0.1, 0.15) is 37.4 Å². The van der Waals surface area contributed by atoms with E-state index in [0.29, 0.717) is 16.9 Å². The summed E-state index contributed by atoms with van der Waals surface area (Å²) in [6.45, 7) is 4.08. The summed E-state index contributed by atoms with van der Waals surface area (Å²) >= 11 is 0. The van der Waals surface area contributed by atoms with E-state index in [1.165, 1.54) is 0 Å². The van der Waals surface area contributed by atoms with Gasteiger partial charge in [0.15, 0.2) is 0 Å². The number of ether oxygens (including phenoxy) is 2. The lowest BCUT2D eigenvalue weighted by Gasteiger charge is -2.15. The monoisotopic (exact) mass is 298 g/mol. The van der Waals surface area contributed by atoms with Crippen LogP contribution in [0.4, 0.5) is 0 Å². The number of aryl methyl sites for hydroxylation is 2. The van der Waals surface area contributed by atoms with Crippen LogP contribution in [0, 0.1) is 13.8 Å². The molecule has 0 saturated heterocycles. The fourth-order valence-electron chi connectivity index (χ4n) is 2.41. The first kappa shape index (κ1) is 15.8. The summed E-state index contributed by atoms with van der Waals surface area (Å²) in [6, 6.07) is 8.77. The molecule has 0 saturated carbocycles. The van der Waals surface area contributed by atoms with E-state index in [1.807, 2.05) is 13.8 Å². The number of hydrogen-bond donors (Lipinski definition) is 0. The molecule has 2 rings (SSSR count). The van der Waals surface area contributed by atoms with Crippen LogP contribution in [0.3, 0.4) is 0 Å². The van der Waals surface area contributed by atoms with Crippen LogP contribution < -0.4 is 9.47 Å². The van der Waals surface area contributed by atoms with Gasteiger partial charge in [-0.25, -0.2) is 0 Å². The second-order valence-corrected chi connectivity index (χ2v) is 5.08. The summed E-state index contributed by atoms with van der Waals surface area (Å²) in [6.07, 6.45) is 1.61. The minimum absolute atomic E-state index is 0.285. The van der Waals surface area contributed by atoms with Crippen molar-refractivity contribution < 1.29 is 19.1 Å². The van der Waals surface area contributed by atoms with E-state index in [-0.39, 0.29) is 6.61 Å². The third-order valence-corrected chi connectivity index (χ3v) is 3.43. The Balaban J connectivity index is 2.27. The number of methoxy groups -OCH3 is 1. The molecule has 0 aromatic heterocycles. The van der Waals surface area contributed by atoms with Crippen molar-refractivity contribution >= 4 is 12.6 Å². The summed E-state index contributed by atoms with van der Waals surface area (Å²) in [7, 11) is 1.58. The molecule has 0 radical (unpaired) electrons. The van der Waals surface area contributed by atoms with Gasteiger partial charge >= 0.3 is 0 Å². The highest BCUT2D eigenvalue weighted by Crippen LogP contribution is 2.27. The molecular weight excluding hydrogens is 280 g/mol. The number of aldehydes is 2. The summed E-state index contributed by atoms with van der Waals surface area (Å²) in [5.74, 6) is 1.41. The van der Waals surface area contributed by atoms with E-state index < -0.39 is 0 Å². The second-order valence-electron chi connectivity index (χ2n) is 5.08. The summed E-state index contributed by atoms with van der Waals surface area (Å²) in [5, 5.41) is 0. The highest BCUT2D eigenvalue weighted by atomic mass is 16.5. The molecule has 0 unspecified atom stereocenters. The Morgan fingerprint density at radius 1 is 0.955 bits per heavy atom. The van der Waals surface area contributed by atoms with Gasteiger partial charge in [0.1, 0.15) is 30.7 Å². The van der Waals surface area contributed by atoms with Crippen molar-refractivity contribution in [1.29, 1.82) is 0 Å². The highest BCUT2D eigenvalue weighted by Gasteiger charge is 2.10. The van der Waals surface area contributed by atoms with Crippen molar-refractivity contribution in [2.24, 2.45) is 0 Å². The van der Waals surface area contributed by atoms with Crippen molar-refractivity contribution in [2.45, 2.75) is 20.5 Å². The Labute approximate surface area is 129 Å². The predicted octanol–water partition coefficient (Wildman–Crippen LogP) is 3.52. The first-order valence-corrected chi connectivity index (χ1v) is 6.90. The van der Waals surface area contributed by atoms with Crippen LogP contribution in [-0.2, 0) is 6.61 Å². The van der Waals surface area contributed by atoms with E-state index in [2.05, 4.69) is 0 Å². The number of rotatable bonds is 6. The van der Waals surface area contributed by atoms with Gasteiger partial charge in [-0.3, -0.25) is 9.59 Å². The molecule has 4 nitrogen and oxygen atoms in total. The van der Waals surface area contributed by atoms with Crippen LogP contribution in [0.25, 0.3) is 0 Å². The van der Waals surface area contributed by atoms with Gasteiger partial charge in [-0.2, -0.15) is 0 Å². The molecule has 0 spiro atoms. The first-order valence-electron chi connectivity index (χ1n) is 6.90. The minimum atomic E-state index is 0.285. The zero-order valence-electron chi connectivity index (χ0n) is 12.9. The topological polar surface area (TPSA) is 52.6 Å². The number of carbonyl (C=O) groups excluding carboxylic acids is 2. The predicted molar refractivity (Wildman–Crippen MR) is 84.0 cm³/mol. The fraction of sp³-hybridized carbons (Fsp3) is 0.222. The van der Waals surface area contributed by atoms with Crippen molar-refractivity contribution in [3.63, 3.8) is 0 Å². The van der Waals surface area contributed by atoms with Crippen LogP contribution >= 0.6 is 0 Å². The average Bonchev–Trinajstić information content (AvgIpc) is 2.53. The lowest BCUT2D eigenvalue weighted by molar-refractivity contribution is 0.111. The molecule has 0 atom stereocenters. The number of carbonyl (C=O) groups is 2. The summed E-state index contributed by atoms with van der Waals surface area (Å²) in [4.78, 5) is 21.8. The van der Waals surface area contributed by atoms with Gasteiger partial charge in [-0.05, 0) is 55.3 Å². The zero-order chi connectivity index (χ0) is 16.1. The third-order valence-electron chi connectivity index (χ3n) is 3.43. The highest BCUT2D eigenvalue weighted by molar-refractivity contribution is 5.76. The maximum absolute atomic E-state index is 10.9. The van der Waals surface area contributed by atoms with Gasteiger partial charge in [0.2, 0.25) is 0 Å². The molecular formula is C18H18O4. The number of benzene rings is 2. The normalized spacial score (nSPS) is 10.1. The molecule has 4 heteroatoms. The Morgan fingerprint density at radius 2 is 1.59 bits per heavy atom. The minimum Gasteiger partial charge on any atom is -0.496 e. The molecule has 114 valence electrons. The molecule has 2 aromatic carbocycles. The van der Waals surface area contributed by atoms with Gasteiger partial charge < -0.3 is 9.47 Å². The molecule has 0 heterocycles. The van der Waals surface area contributed by atoms with E-state index in [1.54, 1.807) is 37.4 Å². The maximum Gasteiger partial charge on any atom is 0.150 e. The SMILES string of the molecule is COc1ccc(C=O)cc1COc1c(C)cc(C=O)cc1C. The molecule has 2 aromatic rings. The molecule has 0 fully saturated rings. The number of hydrogen-bond acceptors (Lipinski definition) is 4. The Kier molecular flexibility index (Phi) is 4.94. The molecule has 0 bridgehead atoms. The van der Waals surface area contributed by atoms with Crippen molar-refractivity contribution in [2.75, 3.05) is 7.11 Å². The van der Waals surface area contributed by atoms with Gasteiger partial charge in [0, 0.05) is 16.7 Å². The Hall–Kier alpha value is -2.62. The molecule has 0 N–H and O–H groups in total. The van der Waals surface area contributed by atoms with Crippen molar-refractivity contribution in [3.8, 4) is 11.5 Å². The quantitative estimate of drug-likeness (QED) is 0.766. The first-order chi connectivity index (χ1) is 10.6. The van der Waals surface area contributed by atoms with E-state index >= 15 is 0 Å². The van der Waals surface area contributed by atoms with Crippen molar-refractivity contribution in [3.05, 3.63) is 58.1 Å². The fourth-order valence-corrected chi connectivity index (χ4v) is 2.41. The summed E-state index contributed by atoms with van der Waals surface area (Å²) < 4.78 is 11.2. The van der Waals surface area contributed by atoms with E-state index in [4.69, 9.17) is 9.47 Å². The average molecular weight is 298 g/mol. The lowest BCUT2D eigenvalue weighted by atomic mass is 10.1. The summed E-state index contributed by atoms with van der Waals surface area (Å²) in [5.41, 5.74) is 3.79. The second kappa shape index (κ2) is 6.89. The maximum atomic E-state index is 10.9. The van der Waals surface area contributed by atoms with Gasteiger partial charge in [0.05, 0.1) is 7.11 Å². The van der Waals surface area contributed by atoms with Crippen LogP contribution in [0.5, 0.6) is 11.5 Å². The van der Waals surface area contributed by atoms with E-state index in [9.17, 15) is 9.59 Å². The van der Waals surface area contributed by atoms with Crippen molar-refractivity contribution in [1.82, 2.24) is 0 Å². The zero-order valence-corrected chi connectivity index (χ0v) is 12.9. The molecule has 0 aliphatic rings. The molecule has 0 aliphatic heterocycles. The van der Waals surface area contributed by atoms with Crippen LogP contribution in [0.2, 0.25) is 0 Å². The van der Waals surface area contributed by atoms with Crippen LogP contribution in [0.15, 0.2) is 30.3 Å². The van der Waals surface area contributed by atoms with E-state index in [0.717, 1.165) is 35.0 Å². The standard InChI is InChI=1S/C18H18O4/c1-12-6-15(10-20)7-13(2)18(12)22-11-16-8-14(9-19)4-5-17(16)21-3/h4-10H,11H2,1-3H3.